The fourth-order valence-corrected chi connectivity index (χ4v) is 3.20. The molecule has 0 saturated heterocycles. The number of nitrogens with one attached hydrogen (secondary N) is 1. The Labute approximate surface area is 130 Å². The number of methoxy groups -OCH3 is 1. The van der Waals surface area contributed by atoms with Gasteiger partial charge >= 0.3 is 0 Å². The van der Waals surface area contributed by atoms with Crippen LogP contribution >= 0.6 is 31.9 Å². The molecule has 19 heavy (non-hydrogen) atoms. The summed E-state index contributed by atoms with van der Waals surface area (Å²) < 4.78 is 12.1. The Kier molecular flexibility index (Phi) is 7.94. The molecule has 1 aromatic rings. The number of anilines is 1. The molecular formula is C13H19Br2NO3. The van der Waals surface area contributed by atoms with E-state index >= 15 is 0 Å². The Bertz CT molecular complexity index is 378. The molecule has 0 bridgehead atoms. The average molecular weight is 397 g/mol. The summed E-state index contributed by atoms with van der Waals surface area (Å²) in [5.41, 5.74) is 2.09. The van der Waals surface area contributed by atoms with Crippen LogP contribution in [0, 0.1) is 6.92 Å². The van der Waals surface area contributed by atoms with Crippen LogP contribution in [0.25, 0.3) is 0 Å². The molecule has 0 spiro atoms. The van der Waals surface area contributed by atoms with Crippen molar-refractivity contribution >= 4 is 37.5 Å². The summed E-state index contributed by atoms with van der Waals surface area (Å²) >= 11 is 7.00. The summed E-state index contributed by atoms with van der Waals surface area (Å²) in [6.07, 6.45) is -0.558. The van der Waals surface area contributed by atoms with Crippen molar-refractivity contribution in [3.63, 3.8) is 0 Å². The third-order valence-corrected chi connectivity index (χ3v) is 3.69. The van der Waals surface area contributed by atoms with Gasteiger partial charge in [-0.3, -0.25) is 0 Å². The fourth-order valence-electron chi connectivity index (χ4n) is 1.51. The number of aryl methyl sites for hydroxylation is 1. The molecule has 6 heteroatoms. The fraction of sp³-hybridized carbons (Fsp3) is 0.538. The molecule has 0 fully saturated rings. The van der Waals surface area contributed by atoms with Gasteiger partial charge < -0.3 is 19.9 Å². The molecule has 1 atom stereocenters. The van der Waals surface area contributed by atoms with Crippen molar-refractivity contribution in [3.05, 3.63) is 26.6 Å². The minimum absolute atomic E-state index is 0.289. The molecule has 0 aromatic heterocycles. The van der Waals surface area contributed by atoms with Gasteiger partial charge in [0.15, 0.2) is 0 Å². The summed E-state index contributed by atoms with van der Waals surface area (Å²) in [7, 11) is 1.62. The van der Waals surface area contributed by atoms with Gasteiger partial charge in [-0.05, 0) is 56.5 Å². The highest BCUT2D eigenvalue weighted by Gasteiger charge is 2.09. The van der Waals surface area contributed by atoms with Gasteiger partial charge in [-0.2, -0.15) is 0 Å². The van der Waals surface area contributed by atoms with Crippen molar-refractivity contribution in [3.8, 4) is 0 Å². The number of ether oxygens (including phenoxy) is 2. The number of hydrogen-bond acceptors (Lipinski definition) is 4. The molecule has 1 aromatic carbocycles. The van der Waals surface area contributed by atoms with E-state index in [1.807, 2.05) is 19.1 Å². The van der Waals surface area contributed by atoms with Crippen molar-refractivity contribution in [1.82, 2.24) is 0 Å². The van der Waals surface area contributed by atoms with Crippen molar-refractivity contribution in [2.45, 2.75) is 13.0 Å². The van der Waals surface area contributed by atoms with Gasteiger partial charge in [0.25, 0.3) is 0 Å². The lowest BCUT2D eigenvalue weighted by Crippen LogP contribution is -2.25. The zero-order valence-corrected chi connectivity index (χ0v) is 14.3. The van der Waals surface area contributed by atoms with E-state index in [2.05, 4.69) is 37.2 Å². The first kappa shape index (κ1) is 16.9. The second kappa shape index (κ2) is 8.92. The van der Waals surface area contributed by atoms with Crippen molar-refractivity contribution < 1.29 is 14.6 Å². The zero-order valence-electron chi connectivity index (χ0n) is 11.1. The van der Waals surface area contributed by atoms with Gasteiger partial charge in [0.2, 0.25) is 0 Å². The smallest absolute Gasteiger partial charge is 0.0945 e. The van der Waals surface area contributed by atoms with Crippen LogP contribution in [0.3, 0.4) is 0 Å². The Morgan fingerprint density at radius 3 is 2.47 bits per heavy atom. The van der Waals surface area contributed by atoms with Gasteiger partial charge in [0, 0.05) is 22.6 Å². The predicted octanol–water partition coefficient (Wildman–Crippen LogP) is 2.96. The highest BCUT2D eigenvalue weighted by Crippen LogP contribution is 2.32. The predicted molar refractivity (Wildman–Crippen MR) is 83.8 cm³/mol. The molecule has 4 nitrogen and oxygen atoms in total. The van der Waals surface area contributed by atoms with E-state index in [1.165, 1.54) is 0 Å². The molecule has 0 saturated carbocycles. The highest BCUT2D eigenvalue weighted by molar-refractivity contribution is 9.11. The van der Waals surface area contributed by atoms with Crippen LogP contribution in [0.1, 0.15) is 5.56 Å². The second-order valence-corrected chi connectivity index (χ2v) is 5.91. The summed E-state index contributed by atoms with van der Waals surface area (Å²) in [6, 6.07) is 4.04. The number of hydrogen-bond donors (Lipinski definition) is 2. The first-order valence-corrected chi connectivity index (χ1v) is 7.57. The van der Waals surface area contributed by atoms with Crippen molar-refractivity contribution in [1.29, 1.82) is 0 Å². The summed E-state index contributed by atoms with van der Waals surface area (Å²) in [6.45, 7) is 3.77. The molecule has 2 N–H and O–H groups in total. The second-order valence-electron chi connectivity index (χ2n) is 4.21. The van der Waals surface area contributed by atoms with E-state index in [1.54, 1.807) is 7.11 Å². The molecule has 0 aliphatic carbocycles. The number of aliphatic hydroxyl groups excluding tert-OH is 1. The average Bonchev–Trinajstić information content (AvgIpc) is 2.33. The third-order valence-electron chi connectivity index (χ3n) is 2.44. The van der Waals surface area contributed by atoms with E-state index in [9.17, 15) is 5.11 Å². The van der Waals surface area contributed by atoms with E-state index < -0.39 is 6.10 Å². The van der Waals surface area contributed by atoms with Crippen LogP contribution in [0.4, 0.5) is 5.69 Å². The number of halogens is 2. The number of rotatable bonds is 8. The molecule has 1 rings (SSSR count). The van der Waals surface area contributed by atoms with E-state index in [4.69, 9.17) is 9.47 Å². The lowest BCUT2D eigenvalue weighted by atomic mass is 10.2. The molecule has 0 heterocycles. The summed E-state index contributed by atoms with van der Waals surface area (Å²) in [5.74, 6) is 0. The molecule has 0 aliphatic heterocycles. The lowest BCUT2D eigenvalue weighted by molar-refractivity contribution is 0.0182. The SMILES string of the molecule is COCCOCC(O)CNc1c(Br)cc(C)cc1Br. The number of aliphatic hydroxyl groups is 1. The monoisotopic (exact) mass is 395 g/mol. The van der Waals surface area contributed by atoms with Gasteiger partial charge in [0.1, 0.15) is 0 Å². The number of benzene rings is 1. The minimum atomic E-state index is -0.558. The van der Waals surface area contributed by atoms with E-state index in [0.717, 1.165) is 20.2 Å². The van der Waals surface area contributed by atoms with Crippen LogP contribution in [-0.4, -0.2) is 44.7 Å². The largest absolute Gasteiger partial charge is 0.389 e. The minimum Gasteiger partial charge on any atom is -0.389 e. The molecule has 108 valence electrons. The molecule has 0 radical (unpaired) electrons. The molecule has 1 unspecified atom stereocenters. The van der Waals surface area contributed by atoms with Crippen molar-refractivity contribution in [2.24, 2.45) is 0 Å². The van der Waals surface area contributed by atoms with Gasteiger partial charge in [0.05, 0.1) is 31.6 Å². The Morgan fingerprint density at radius 1 is 1.26 bits per heavy atom. The van der Waals surface area contributed by atoms with E-state index in [-0.39, 0.29) is 6.61 Å². The molecule has 0 aliphatic rings. The van der Waals surface area contributed by atoms with Gasteiger partial charge in [-0.1, -0.05) is 0 Å². The topological polar surface area (TPSA) is 50.7 Å². The standard InChI is InChI=1S/C13H19Br2NO3/c1-9-5-11(14)13(12(15)6-9)16-7-10(17)8-19-4-3-18-2/h5-6,10,16-17H,3-4,7-8H2,1-2H3. The Balaban J connectivity index is 2.40. The molecule has 0 amide bonds. The van der Waals surface area contributed by atoms with Crippen LogP contribution in [0.15, 0.2) is 21.1 Å². The van der Waals surface area contributed by atoms with Gasteiger partial charge in [-0.25, -0.2) is 0 Å². The van der Waals surface area contributed by atoms with Gasteiger partial charge in [-0.15, -0.1) is 0 Å². The third kappa shape index (κ3) is 6.23. The Hall–Kier alpha value is -0.140. The first-order chi connectivity index (χ1) is 9.04. The maximum absolute atomic E-state index is 9.79. The maximum Gasteiger partial charge on any atom is 0.0945 e. The first-order valence-electron chi connectivity index (χ1n) is 5.99. The highest BCUT2D eigenvalue weighted by atomic mass is 79.9. The quantitative estimate of drug-likeness (QED) is 0.663. The lowest BCUT2D eigenvalue weighted by Gasteiger charge is -2.15. The van der Waals surface area contributed by atoms with Crippen molar-refractivity contribution in [2.75, 3.05) is 38.8 Å². The van der Waals surface area contributed by atoms with Crippen LogP contribution < -0.4 is 5.32 Å². The summed E-state index contributed by atoms with van der Waals surface area (Å²) in [5, 5.41) is 13.0. The zero-order chi connectivity index (χ0) is 14.3. The maximum atomic E-state index is 9.79. The normalized spacial score (nSPS) is 12.5. The van der Waals surface area contributed by atoms with E-state index in [0.29, 0.717) is 19.8 Å². The van der Waals surface area contributed by atoms with Crippen LogP contribution in [0.2, 0.25) is 0 Å². The molecular weight excluding hydrogens is 378 g/mol. The Morgan fingerprint density at radius 2 is 1.89 bits per heavy atom. The van der Waals surface area contributed by atoms with Crippen LogP contribution in [0.5, 0.6) is 0 Å². The summed E-state index contributed by atoms with van der Waals surface area (Å²) in [4.78, 5) is 0. The van der Waals surface area contributed by atoms with Crippen LogP contribution in [-0.2, 0) is 9.47 Å².